The summed E-state index contributed by atoms with van der Waals surface area (Å²) in [4.78, 5) is 24.7. The first-order valence-electron chi connectivity index (χ1n) is 10.5. The van der Waals surface area contributed by atoms with Crippen LogP contribution >= 0.6 is 11.8 Å². The second-order valence-corrected chi connectivity index (χ2v) is 8.82. The van der Waals surface area contributed by atoms with Crippen LogP contribution in [0.25, 0.3) is 0 Å². The van der Waals surface area contributed by atoms with E-state index in [-0.39, 0.29) is 17.5 Å². The molecule has 0 amide bonds. The van der Waals surface area contributed by atoms with Crippen LogP contribution in [-0.2, 0) is 5.75 Å². The maximum Gasteiger partial charge on any atom is 0.371 e. The predicted octanol–water partition coefficient (Wildman–Crippen LogP) is 4.65. The number of thioether (sulfide) groups is 1. The van der Waals surface area contributed by atoms with Gasteiger partial charge < -0.3 is 19.3 Å². The number of hydrogen-bond donors (Lipinski definition) is 1. The number of benzene rings is 1. The molecule has 0 spiro atoms. The number of nitrogens with zero attached hydrogens (tertiary/aromatic N) is 4. The zero-order chi connectivity index (χ0) is 22.7. The molecule has 1 aliphatic rings. The average Bonchev–Trinajstić information content (AvgIpc) is 3.27. The van der Waals surface area contributed by atoms with Crippen molar-refractivity contribution >= 4 is 29.2 Å². The summed E-state index contributed by atoms with van der Waals surface area (Å²) in [5, 5.41) is 9.63. The molecule has 0 radical (unpaired) electrons. The van der Waals surface area contributed by atoms with Crippen LogP contribution in [0.3, 0.4) is 0 Å². The second-order valence-electron chi connectivity index (χ2n) is 7.87. The quantitative estimate of drug-likeness (QED) is 0.406. The van der Waals surface area contributed by atoms with E-state index < -0.39 is 5.97 Å². The van der Waals surface area contributed by atoms with Crippen molar-refractivity contribution < 1.29 is 18.7 Å². The van der Waals surface area contributed by atoms with Gasteiger partial charge in [-0.3, -0.25) is 0 Å². The van der Waals surface area contributed by atoms with E-state index in [0.717, 1.165) is 24.6 Å². The van der Waals surface area contributed by atoms with E-state index in [1.807, 2.05) is 18.2 Å². The van der Waals surface area contributed by atoms with Gasteiger partial charge in [0.25, 0.3) is 0 Å². The topological polar surface area (TPSA) is 82.7 Å². The van der Waals surface area contributed by atoms with Crippen molar-refractivity contribution in [3.63, 3.8) is 0 Å². The summed E-state index contributed by atoms with van der Waals surface area (Å²) in [6.45, 7) is 7.04. The zero-order valence-corrected chi connectivity index (χ0v) is 18.8. The van der Waals surface area contributed by atoms with Gasteiger partial charge in [0.15, 0.2) is 5.16 Å². The summed E-state index contributed by atoms with van der Waals surface area (Å²) in [6.07, 6.45) is 0. The number of para-hydroxylation sites is 1. The lowest BCUT2D eigenvalue weighted by Crippen LogP contribution is -2.47. The van der Waals surface area contributed by atoms with E-state index in [2.05, 4.69) is 28.6 Å². The molecular weight excluding hydrogens is 431 g/mol. The van der Waals surface area contributed by atoms with Crippen molar-refractivity contribution in [2.45, 2.75) is 30.7 Å². The van der Waals surface area contributed by atoms with Gasteiger partial charge in [0.2, 0.25) is 5.76 Å². The van der Waals surface area contributed by atoms with Gasteiger partial charge in [-0.1, -0.05) is 37.7 Å². The van der Waals surface area contributed by atoms with Gasteiger partial charge in [0.05, 0.1) is 11.4 Å². The molecule has 7 nitrogen and oxygen atoms in total. The van der Waals surface area contributed by atoms with Crippen LogP contribution < -0.4 is 9.80 Å². The summed E-state index contributed by atoms with van der Waals surface area (Å²) >= 11 is 1.41. The predicted molar refractivity (Wildman–Crippen MR) is 122 cm³/mol. The first-order chi connectivity index (χ1) is 15.4. The molecule has 168 valence electrons. The van der Waals surface area contributed by atoms with Gasteiger partial charge in [-0.25, -0.2) is 19.2 Å². The lowest BCUT2D eigenvalue weighted by Gasteiger charge is -2.37. The van der Waals surface area contributed by atoms with Crippen LogP contribution in [0.1, 0.15) is 41.8 Å². The Kier molecular flexibility index (Phi) is 6.64. The molecule has 1 saturated heterocycles. The smallest absolute Gasteiger partial charge is 0.371 e. The molecule has 1 aromatic carbocycles. The van der Waals surface area contributed by atoms with Crippen LogP contribution in [0.5, 0.6) is 0 Å². The molecule has 0 saturated carbocycles. The van der Waals surface area contributed by atoms with Crippen LogP contribution in [0.2, 0.25) is 0 Å². The third-order valence-corrected chi connectivity index (χ3v) is 6.19. The monoisotopic (exact) mass is 456 g/mol. The summed E-state index contributed by atoms with van der Waals surface area (Å²) in [5.74, 6) is 0.721. The van der Waals surface area contributed by atoms with Crippen LogP contribution in [0.4, 0.5) is 15.9 Å². The highest BCUT2D eigenvalue weighted by molar-refractivity contribution is 7.98. The minimum atomic E-state index is -1.09. The third-order valence-electron chi connectivity index (χ3n) is 5.32. The number of hydrogen-bond acceptors (Lipinski definition) is 7. The van der Waals surface area contributed by atoms with Crippen molar-refractivity contribution in [3.05, 3.63) is 65.5 Å². The van der Waals surface area contributed by atoms with E-state index in [9.17, 15) is 9.18 Å². The van der Waals surface area contributed by atoms with Crippen molar-refractivity contribution in [2.24, 2.45) is 0 Å². The first-order valence-corrected chi connectivity index (χ1v) is 11.5. The Morgan fingerprint density at radius 2 is 1.84 bits per heavy atom. The van der Waals surface area contributed by atoms with Crippen LogP contribution in [0.15, 0.2) is 52.0 Å². The van der Waals surface area contributed by atoms with Gasteiger partial charge in [0.1, 0.15) is 17.4 Å². The van der Waals surface area contributed by atoms with Crippen LogP contribution in [-0.4, -0.2) is 47.2 Å². The Bertz CT molecular complexity index is 1100. The maximum absolute atomic E-state index is 14.1. The molecule has 1 fully saturated rings. The molecule has 9 heteroatoms. The van der Waals surface area contributed by atoms with Gasteiger partial charge >= 0.3 is 5.97 Å². The number of carboxylic acid groups (broad SMARTS) is 1. The summed E-state index contributed by atoms with van der Waals surface area (Å²) in [6, 6.07) is 12.0. The normalized spacial score (nSPS) is 14.2. The van der Waals surface area contributed by atoms with Gasteiger partial charge in [-0.15, -0.1) is 0 Å². The van der Waals surface area contributed by atoms with Crippen molar-refractivity contribution in [1.29, 1.82) is 0 Å². The summed E-state index contributed by atoms with van der Waals surface area (Å²) in [5.41, 5.74) is 1.58. The molecule has 32 heavy (non-hydrogen) atoms. The van der Waals surface area contributed by atoms with Gasteiger partial charge in [-0.2, -0.15) is 0 Å². The Morgan fingerprint density at radius 1 is 1.12 bits per heavy atom. The number of aromatic carboxylic acids is 1. The molecule has 3 heterocycles. The Hall–Kier alpha value is -3.07. The standard InChI is InChI=1S/C23H25FN4O3S/c1-15(2)18-13-21(26-23(25-18)32-14-16-7-8-20(31-16)22(29)30)28-11-9-27(10-12-28)19-6-4-3-5-17(19)24/h3-8,13,15H,9-12,14H2,1-2H3,(H,29,30). The fraction of sp³-hybridized carbons (Fsp3) is 0.348. The number of rotatable bonds is 7. The zero-order valence-electron chi connectivity index (χ0n) is 18.0. The second kappa shape index (κ2) is 9.60. The summed E-state index contributed by atoms with van der Waals surface area (Å²) < 4.78 is 19.5. The molecule has 4 rings (SSSR count). The molecule has 0 unspecified atom stereocenters. The molecule has 1 N–H and O–H groups in total. The molecular formula is C23H25FN4O3S. The van der Waals surface area contributed by atoms with Crippen molar-refractivity contribution in [1.82, 2.24) is 9.97 Å². The number of piperazine rings is 1. The molecule has 0 aliphatic carbocycles. The Balaban J connectivity index is 1.47. The van der Waals surface area contributed by atoms with Crippen molar-refractivity contribution in [2.75, 3.05) is 36.0 Å². The number of anilines is 2. The lowest BCUT2D eigenvalue weighted by molar-refractivity contribution is 0.0661. The largest absolute Gasteiger partial charge is 0.475 e. The van der Waals surface area contributed by atoms with Gasteiger partial charge in [0, 0.05) is 37.9 Å². The number of halogens is 1. The molecule has 1 aliphatic heterocycles. The molecule has 3 aromatic rings. The van der Waals surface area contributed by atoms with E-state index in [4.69, 9.17) is 14.5 Å². The number of carboxylic acids is 1. The lowest BCUT2D eigenvalue weighted by atomic mass is 10.1. The maximum atomic E-state index is 14.1. The van der Waals surface area contributed by atoms with Gasteiger partial charge in [-0.05, 0) is 30.2 Å². The molecule has 2 aromatic heterocycles. The first kappa shape index (κ1) is 22.1. The summed E-state index contributed by atoms with van der Waals surface area (Å²) in [7, 11) is 0. The fourth-order valence-electron chi connectivity index (χ4n) is 3.54. The highest BCUT2D eigenvalue weighted by Crippen LogP contribution is 2.28. The van der Waals surface area contributed by atoms with E-state index in [0.29, 0.717) is 35.4 Å². The van der Waals surface area contributed by atoms with E-state index >= 15 is 0 Å². The van der Waals surface area contributed by atoms with Crippen LogP contribution in [0, 0.1) is 5.82 Å². The average molecular weight is 457 g/mol. The number of carbonyl (C=O) groups is 1. The fourth-order valence-corrected chi connectivity index (χ4v) is 4.30. The van der Waals surface area contributed by atoms with E-state index in [1.54, 1.807) is 12.1 Å². The Labute approximate surface area is 190 Å². The highest BCUT2D eigenvalue weighted by Gasteiger charge is 2.22. The third kappa shape index (κ3) is 5.04. The molecule has 0 atom stereocenters. The Morgan fingerprint density at radius 3 is 2.50 bits per heavy atom. The number of aromatic nitrogens is 2. The highest BCUT2D eigenvalue weighted by atomic mass is 32.2. The van der Waals surface area contributed by atoms with Crippen molar-refractivity contribution in [3.8, 4) is 0 Å². The SMILES string of the molecule is CC(C)c1cc(N2CCN(c3ccccc3F)CC2)nc(SCc2ccc(C(=O)O)o2)n1. The minimum absolute atomic E-state index is 0.0779. The molecule has 0 bridgehead atoms. The minimum Gasteiger partial charge on any atom is -0.475 e. The van der Waals surface area contributed by atoms with E-state index in [1.165, 1.54) is 23.9 Å². The number of furan rings is 1.